The average molecular weight is 831 g/mol. The van der Waals surface area contributed by atoms with Crippen molar-refractivity contribution in [2.24, 2.45) is 0 Å². The van der Waals surface area contributed by atoms with Crippen molar-refractivity contribution >= 4 is 54.5 Å². The van der Waals surface area contributed by atoms with Gasteiger partial charge < -0.3 is 13.7 Å². The summed E-state index contributed by atoms with van der Waals surface area (Å²) in [6, 6.07) is 79.5. The van der Waals surface area contributed by atoms with Gasteiger partial charge in [0.25, 0.3) is 0 Å². The molecule has 13 rings (SSSR count). The molecule has 0 radical (unpaired) electrons. The van der Waals surface area contributed by atoms with Gasteiger partial charge in [-0.1, -0.05) is 146 Å². The second kappa shape index (κ2) is 14.9. The number of hydrogen-bond acceptors (Lipinski definition) is 3. The fourth-order valence-corrected chi connectivity index (χ4v) is 9.63. The average Bonchev–Trinajstić information content (AvgIpc) is 4.05. The Labute approximate surface area is 374 Å². The minimum absolute atomic E-state index is 0.635. The van der Waals surface area contributed by atoms with Crippen LogP contribution in [-0.2, 0) is 0 Å². The lowest BCUT2D eigenvalue weighted by atomic mass is 10.0. The molecule has 9 aromatic carbocycles. The van der Waals surface area contributed by atoms with Gasteiger partial charge in [-0.05, 0) is 90.0 Å². The van der Waals surface area contributed by atoms with Crippen LogP contribution in [0.5, 0.6) is 0 Å². The monoisotopic (exact) mass is 830 g/mol. The number of rotatable bonds is 7. The van der Waals surface area contributed by atoms with Gasteiger partial charge >= 0.3 is 0 Å². The quantitative estimate of drug-likeness (QED) is 0.161. The van der Waals surface area contributed by atoms with Gasteiger partial charge in [-0.25, -0.2) is 15.0 Å². The molecule has 0 aliphatic carbocycles. The fourth-order valence-electron chi connectivity index (χ4n) is 9.63. The van der Waals surface area contributed by atoms with Gasteiger partial charge in [0.15, 0.2) is 17.5 Å². The molecule has 13 aromatic rings. The first kappa shape index (κ1) is 36.8. The van der Waals surface area contributed by atoms with Gasteiger partial charge in [0.1, 0.15) is 0 Å². The number of aromatic nitrogens is 6. The van der Waals surface area contributed by atoms with Crippen molar-refractivity contribution in [3.8, 4) is 62.4 Å². The minimum Gasteiger partial charge on any atom is -0.316 e. The molecular formula is C59H38N6. The van der Waals surface area contributed by atoms with E-state index in [1.54, 1.807) is 0 Å². The fraction of sp³-hybridized carbons (Fsp3) is 0. The number of para-hydroxylation sites is 3. The van der Waals surface area contributed by atoms with Crippen LogP contribution in [0, 0.1) is 0 Å². The Kier molecular flexibility index (Phi) is 8.42. The van der Waals surface area contributed by atoms with E-state index in [0.29, 0.717) is 17.5 Å². The zero-order chi connectivity index (χ0) is 42.8. The van der Waals surface area contributed by atoms with Crippen LogP contribution in [0.15, 0.2) is 231 Å². The third-order valence-electron chi connectivity index (χ3n) is 12.7. The first-order chi connectivity index (χ1) is 32.2. The Balaban J connectivity index is 0.948. The molecule has 304 valence electrons. The molecule has 0 bridgehead atoms. The van der Waals surface area contributed by atoms with E-state index in [4.69, 9.17) is 15.0 Å². The molecule has 0 saturated carbocycles. The van der Waals surface area contributed by atoms with Crippen molar-refractivity contribution in [1.29, 1.82) is 0 Å². The van der Waals surface area contributed by atoms with E-state index in [-0.39, 0.29) is 0 Å². The maximum absolute atomic E-state index is 5.00. The molecule has 0 fully saturated rings. The molecule has 0 atom stereocenters. The lowest BCUT2D eigenvalue weighted by molar-refractivity contribution is 1.07. The second-order valence-electron chi connectivity index (χ2n) is 16.5. The maximum Gasteiger partial charge on any atom is 0.164 e. The van der Waals surface area contributed by atoms with Gasteiger partial charge in [0.2, 0.25) is 0 Å². The summed E-state index contributed by atoms with van der Waals surface area (Å²) >= 11 is 0. The van der Waals surface area contributed by atoms with E-state index < -0.39 is 0 Å². The summed E-state index contributed by atoms with van der Waals surface area (Å²) in [6.07, 6.45) is 2.18. The number of nitrogens with zero attached hydrogens (tertiary/aromatic N) is 6. The summed E-state index contributed by atoms with van der Waals surface area (Å²) in [5.74, 6) is 1.93. The highest BCUT2D eigenvalue weighted by atomic mass is 15.0. The molecule has 0 amide bonds. The summed E-state index contributed by atoms with van der Waals surface area (Å²) in [7, 11) is 0. The molecule has 6 heteroatoms. The van der Waals surface area contributed by atoms with Crippen LogP contribution >= 0.6 is 0 Å². The van der Waals surface area contributed by atoms with E-state index >= 15 is 0 Å². The third-order valence-corrected chi connectivity index (χ3v) is 12.7. The van der Waals surface area contributed by atoms with Gasteiger partial charge in [-0.2, -0.15) is 0 Å². The van der Waals surface area contributed by atoms with Crippen LogP contribution in [0.4, 0.5) is 0 Å². The van der Waals surface area contributed by atoms with Crippen LogP contribution < -0.4 is 0 Å². The van der Waals surface area contributed by atoms with Crippen LogP contribution in [0.2, 0.25) is 0 Å². The van der Waals surface area contributed by atoms with Crippen molar-refractivity contribution in [3.05, 3.63) is 231 Å². The number of hydrogen-bond donors (Lipinski definition) is 0. The number of fused-ring (bicyclic) bond motifs is 7. The molecule has 65 heavy (non-hydrogen) atoms. The van der Waals surface area contributed by atoms with E-state index in [9.17, 15) is 0 Å². The van der Waals surface area contributed by atoms with Crippen LogP contribution in [-0.4, -0.2) is 28.7 Å². The Morgan fingerprint density at radius 2 is 0.738 bits per heavy atom. The van der Waals surface area contributed by atoms with Crippen LogP contribution in [0.3, 0.4) is 0 Å². The lowest BCUT2D eigenvalue weighted by Gasteiger charge is -2.12. The highest BCUT2D eigenvalue weighted by Crippen LogP contribution is 2.41. The largest absolute Gasteiger partial charge is 0.316 e. The zero-order valence-electron chi connectivity index (χ0n) is 35.1. The zero-order valence-corrected chi connectivity index (χ0v) is 35.1. The highest BCUT2D eigenvalue weighted by Gasteiger charge is 2.20. The van der Waals surface area contributed by atoms with E-state index in [2.05, 4.69) is 184 Å². The first-order valence-corrected chi connectivity index (χ1v) is 21.9. The molecular weight excluding hydrogens is 793 g/mol. The predicted octanol–water partition coefficient (Wildman–Crippen LogP) is 14.7. The first-order valence-electron chi connectivity index (χ1n) is 21.9. The van der Waals surface area contributed by atoms with E-state index in [0.717, 1.165) is 50.4 Å². The Bertz CT molecular complexity index is 3850. The molecule has 0 aliphatic heterocycles. The van der Waals surface area contributed by atoms with Gasteiger partial charge in [-0.15, -0.1) is 0 Å². The smallest absolute Gasteiger partial charge is 0.164 e. The van der Waals surface area contributed by atoms with Crippen LogP contribution in [0.25, 0.3) is 117 Å². The van der Waals surface area contributed by atoms with Crippen molar-refractivity contribution in [1.82, 2.24) is 28.7 Å². The molecule has 0 aliphatic rings. The predicted molar refractivity (Wildman–Crippen MR) is 267 cm³/mol. The van der Waals surface area contributed by atoms with Crippen molar-refractivity contribution in [3.63, 3.8) is 0 Å². The lowest BCUT2D eigenvalue weighted by Crippen LogP contribution is -2.00. The summed E-state index contributed by atoms with van der Waals surface area (Å²) < 4.78 is 7.14. The van der Waals surface area contributed by atoms with Gasteiger partial charge in [-0.3, -0.25) is 0 Å². The Morgan fingerprint density at radius 1 is 0.262 bits per heavy atom. The summed E-state index contributed by atoms with van der Waals surface area (Å²) in [6.45, 7) is 0. The van der Waals surface area contributed by atoms with E-state index in [1.807, 2.05) is 60.7 Å². The molecule has 0 N–H and O–H groups in total. The van der Waals surface area contributed by atoms with Crippen molar-refractivity contribution < 1.29 is 0 Å². The summed E-state index contributed by atoms with van der Waals surface area (Å²) in [5.41, 5.74) is 14.2. The number of benzene rings is 9. The summed E-state index contributed by atoms with van der Waals surface area (Å²) in [4.78, 5) is 14.9. The highest BCUT2D eigenvalue weighted by molar-refractivity contribution is 6.20. The molecule has 0 spiro atoms. The van der Waals surface area contributed by atoms with Crippen molar-refractivity contribution in [2.45, 2.75) is 0 Å². The summed E-state index contributed by atoms with van der Waals surface area (Å²) in [5, 5.41) is 6.12. The van der Waals surface area contributed by atoms with Crippen LogP contribution in [0.1, 0.15) is 0 Å². The Hall–Kier alpha value is -8.87. The molecule has 0 saturated heterocycles. The standard InChI is InChI=1S/C59H38N6/c1-5-16-40(17-6-1)57-60-58(41-18-7-2-8-19-41)62-59(61-57)44-21-15-20-42(34-44)39-28-30-47(31-29-39)64-52-27-14-13-26-48(52)50-36-51-49-35-43-32-33-63(45-22-9-3-10-23-45)53(43)37-54(49)65(56(51)38-55(50)64)46-24-11-4-12-25-46/h1-38H. The third kappa shape index (κ3) is 6.15. The Morgan fingerprint density at radius 3 is 1.40 bits per heavy atom. The maximum atomic E-state index is 5.00. The SMILES string of the molecule is c1ccc(-c2nc(-c3ccccc3)nc(-c3cccc(-c4ccc(-n5c6ccccc6c6cc7c8cc9ccn(-c%10ccccc%10)c9cc8n(-c8ccccc8)c7cc65)cc4)c3)n2)cc1. The van der Waals surface area contributed by atoms with Crippen molar-refractivity contribution in [2.75, 3.05) is 0 Å². The van der Waals surface area contributed by atoms with Gasteiger partial charge in [0, 0.05) is 66.9 Å². The topological polar surface area (TPSA) is 53.5 Å². The van der Waals surface area contributed by atoms with Gasteiger partial charge in [0.05, 0.1) is 27.6 Å². The molecule has 0 unspecified atom stereocenters. The second-order valence-corrected chi connectivity index (χ2v) is 16.5. The minimum atomic E-state index is 0.635. The van der Waals surface area contributed by atoms with E-state index in [1.165, 1.54) is 49.0 Å². The molecule has 6 nitrogen and oxygen atoms in total. The molecule has 4 heterocycles. The normalized spacial score (nSPS) is 11.7. The molecule has 4 aromatic heterocycles.